The first kappa shape index (κ1) is 18.6. The Bertz CT molecular complexity index is 1110. The lowest BCUT2D eigenvalue weighted by Gasteiger charge is -2.04. The van der Waals surface area contributed by atoms with E-state index >= 15 is 0 Å². The summed E-state index contributed by atoms with van der Waals surface area (Å²) in [7, 11) is 0. The molecule has 1 N–H and O–H groups in total. The molecule has 1 fully saturated rings. The zero-order chi connectivity index (χ0) is 19.7. The molecule has 0 radical (unpaired) electrons. The number of aliphatic imine (C=N–C) groups is 1. The summed E-state index contributed by atoms with van der Waals surface area (Å²) in [6, 6.07) is 17.1. The highest BCUT2D eigenvalue weighted by molar-refractivity contribution is 8.18. The van der Waals surface area contributed by atoms with E-state index < -0.39 is 0 Å². The van der Waals surface area contributed by atoms with Crippen LogP contribution in [0.5, 0.6) is 0 Å². The largest absolute Gasteiger partial charge is 0.457 e. The van der Waals surface area contributed by atoms with Crippen molar-refractivity contribution in [2.24, 2.45) is 4.99 Å². The van der Waals surface area contributed by atoms with Gasteiger partial charge in [0.15, 0.2) is 5.17 Å². The molecular weight excluding hydrogens is 392 g/mol. The summed E-state index contributed by atoms with van der Waals surface area (Å²) in [5.74, 6) is 1.05. The number of carbonyl (C=O) groups excluding carboxylic acids is 1. The number of furan rings is 1. The van der Waals surface area contributed by atoms with Crippen molar-refractivity contribution in [2.45, 2.75) is 13.8 Å². The molecule has 1 aliphatic rings. The summed E-state index contributed by atoms with van der Waals surface area (Å²) in [6.07, 6.45) is 1.72. The van der Waals surface area contributed by atoms with Crippen molar-refractivity contribution in [3.8, 4) is 11.3 Å². The first-order valence-electron chi connectivity index (χ1n) is 8.72. The number of amides is 1. The van der Waals surface area contributed by atoms with Gasteiger partial charge in [-0.1, -0.05) is 41.9 Å². The topological polar surface area (TPSA) is 54.6 Å². The van der Waals surface area contributed by atoms with Crippen molar-refractivity contribution in [1.82, 2.24) is 5.32 Å². The molecule has 1 amide bonds. The van der Waals surface area contributed by atoms with Crippen molar-refractivity contribution in [3.05, 3.63) is 81.4 Å². The van der Waals surface area contributed by atoms with Crippen molar-refractivity contribution >= 4 is 46.2 Å². The van der Waals surface area contributed by atoms with Crippen molar-refractivity contribution in [1.29, 1.82) is 0 Å². The number of thioether (sulfide) groups is 1. The van der Waals surface area contributed by atoms with E-state index in [0.29, 0.717) is 26.6 Å². The van der Waals surface area contributed by atoms with E-state index in [2.05, 4.69) is 10.3 Å². The van der Waals surface area contributed by atoms with Crippen molar-refractivity contribution < 1.29 is 9.21 Å². The van der Waals surface area contributed by atoms with E-state index in [1.54, 1.807) is 6.08 Å². The average molecular weight is 409 g/mol. The van der Waals surface area contributed by atoms with Crippen LogP contribution in [0.2, 0.25) is 5.02 Å². The molecule has 0 aliphatic carbocycles. The number of nitrogens with one attached hydrogen (secondary N) is 1. The minimum atomic E-state index is -0.189. The zero-order valence-corrected chi connectivity index (χ0v) is 16.9. The van der Waals surface area contributed by atoms with Crippen LogP contribution in [0.25, 0.3) is 17.4 Å². The summed E-state index contributed by atoms with van der Waals surface area (Å²) in [5.41, 5.74) is 3.82. The van der Waals surface area contributed by atoms with Gasteiger partial charge in [-0.25, -0.2) is 4.99 Å². The van der Waals surface area contributed by atoms with E-state index in [0.717, 1.165) is 22.4 Å². The number of para-hydroxylation sites is 1. The molecule has 0 saturated carbocycles. The molecule has 0 spiro atoms. The second-order valence-corrected chi connectivity index (χ2v) is 7.84. The van der Waals surface area contributed by atoms with Crippen molar-refractivity contribution in [2.75, 3.05) is 0 Å². The fraction of sp³-hybridized carbons (Fsp3) is 0.0909. The van der Waals surface area contributed by atoms with Crippen LogP contribution < -0.4 is 5.32 Å². The highest BCUT2D eigenvalue weighted by Gasteiger charge is 2.24. The van der Waals surface area contributed by atoms with Crippen molar-refractivity contribution in [3.63, 3.8) is 0 Å². The number of hydrogen-bond donors (Lipinski definition) is 1. The summed E-state index contributed by atoms with van der Waals surface area (Å²) in [6.45, 7) is 4.01. The first-order chi connectivity index (χ1) is 13.5. The standard InChI is InChI=1S/C22H17ClN2O2S/c1-13-6-5-7-14(2)20(13)24-22-25-21(26)19(28-22)12-15-10-11-18(27-15)16-8-3-4-9-17(16)23/h3-12H,1-2H3,(H,24,25,26)/b19-12+. The Morgan fingerprint density at radius 3 is 2.54 bits per heavy atom. The highest BCUT2D eigenvalue weighted by atomic mass is 35.5. The molecular formula is C22H17ClN2O2S. The van der Waals surface area contributed by atoms with E-state index in [-0.39, 0.29) is 5.91 Å². The number of amidine groups is 1. The Morgan fingerprint density at radius 1 is 1.04 bits per heavy atom. The molecule has 3 aromatic rings. The Labute approximate surface area is 172 Å². The highest BCUT2D eigenvalue weighted by Crippen LogP contribution is 2.33. The summed E-state index contributed by atoms with van der Waals surface area (Å²) < 4.78 is 5.86. The molecule has 0 unspecified atom stereocenters. The van der Waals surface area contributed by atoms with E-state index in [4.69, 9.17) is 16.0 Å². The van der Waals surface area contributed by atoms with Gasteiger partial charge in [0.2, 0.25) is 0 Å². The lowest BCUT2D eigenvalue weighted by atomic mass is 10.1. The summed E-state index contributed by atoms with van der Waals surface area (Å²) in [5, 5.41) is 4.00. The molecule has 1 aromatic heterocycles. The lowest BCUT2D eigenvalue weighted by molar-refractivity contribution is -0.115. The molecule has 2 heterocycles. The van der Waals surface area contributed by atoms with Gasteiger partial charge in [-0.2, -0.15) is 0 Å². The molecule has 0 bridgehead atoms. The van der Waals surface area contributed by atoms with Crippen LogP contribution in [-0.2, 0) is 4.79 Å². The Hall–Kier alpha value is -2.76. The minimum Gasteiger partial charge on any atom is -0.457 e. The monoisotopic (exact) mass is 408 g/mol. The quantitative estimate of drug-likeness (QED) is 0.532. The average Bonchev–Trinajstić information content (AvgIpc) is 3.26. The lowest BCUT2D eigenvalue weighted by Crippen LogP contribution is -2.19. The number of aryl methyl sites for hydroxylation is 2. The van der Waals surface area contributed by atoms with Crippen LogP contribution >= 0.6 is 23.4 Å². The van der Waals surface area contributed by atoms with Crippen LogP contribution in [0.4, 0.5) is 5.69 Å². The van der Waals surface area contributed by atoms with Crippen LogP contribution in [0.1, 0.15) is 16.9 Å². The van der Waals surface area contributed by atoms with Gasteiger partial charge in [-0.3, -0.25) is 4.79 Å². The van der Waals surface area contributed by atoms with Crippen LogP contribution in [0.15, 0.2) is 68.9 Å². The second-order valence-electron chi connectivity index (χ2n) is 6.40. The number of benzene rings is 2. The fourth-order valence-electron chi connectivity index (χ4n) is 2.93. The molecule has 6 heteroatoms. The predicted octanol–water partition coefficient (Wildman–Crippen LogP) is 6.11. The molecule has 0 atom stereocenters. The van der Waals surface area contributed by atoms with Crippen LogP contribution in [0.3, 0.4) is 0 Å². The van der Waals surface area contributed by atoms with Gasteiger partial charge < -0.3 is 9.73 Å². The maximum absolute atomic E-state index is 12.3. The summed E-state index contributed by atoms with van der Waals surface area (Å²) in [4.78, 5) is 17.5. The minimum absolute atomic E-state index is 0.189. The van der Waals surface area contributed by atoms with E-state index in [9.17, 15) is 4.79 Å². The predicted molar refractivity (Wildman–Crippen MR) is 116 cm³/mol. The second kappa shape index (κ2) is 7.70. The van der Waals surface area contributed by atoms with Crippen LogP contribution in [0, 0.1) is 13.8 Å². The SMILES string of the molecule is Cc1cccc(C)c1N=C1NC(=O)/C(=C\c2ccc(-c3ccccc3Cl)o2)S1. The summed E-state index contributed by atoms with van der Waals surface area (Å²) >= 11 is 7.52. The molecule has 4 rings (SSSR count). The number of hydrogen-bond acceptors (Lipinski definition) is 4. The Balaban J connectivity index is 1.59. The molecule has 140 valence electrons. The number of rotatable bonds is 3. The molecule has 2 aromatic carbocycles. The van der Waals surface area contributed by atoms with E-state index in [1.165, 1.54) is 11.8 Å². The van der Waals surface area contributed by atoms with Gasteiger partial charge >= 0.3 is 0 Å². The third-order valence-corrected chi connectivity index (χ3v) is 5.58. The molecule has 1 aliphatic heterocycles. The molecule has 1 saturated heterocycles. The maximum Gasteiger partial charge on any atom is 0.264 e. The number of carbonyl (C=O) groups is 1. The molecule has 4 nitrogen and oxygen atoms in total. The first-order valence-corrected chi connectivity index (χ1v) is 9.91. The van der Waals surface area contributed by atoms with Gasteiger partial charge in [-0.15, -0.1) is 0 Å². The third kappa shape index (κ3) is 3.77. The maximum atomic E-state index is 12.3. The van der Waals surface area contributed by atoms with Gasteiger partial charge in [0.05, 0.1) is 15.6 Å². The third-order valence-electron chi connectivity index (χ3n) is 4.34. The normalized spacial score (nSPS) is 16.8. The van der Waals surface area contributed by atoms with Gasteiger partial charge in [-0.05, 0) is 61.0 Å². The molecule has 28 heavy (non-hydrogen) atoms. The smallest absolute Gasteiger partial charge is 0.264 e. The zero-order valence-electron chi connectivity index (χ0n) is 15.3. The van der Waals surface area contributed by atoms with Crippen LogP contribution in [-0.4, -0.2) is 11.1 Å². The van der Waals surface area contributed by atoms with Gasteiger partial charge in [0.1, 0.15) is 11.5 Å². The Morgan fingerprint density at radius 2 is 1.79 bits per heavy atom. The van der Waals surface area contributed by atoms with E-state index in [1.807, 2.05) is 68.4 Å². The number of halogens is 1. The van der Waals surface area contributed by atoms with Gasteiger partial charge in [0.25, 0.3) is 5.91 Å². The fourth-order valence-corrected chi connectivity index (χ4v) is 3.97. The Kier molecular flexibility index (Phi) is 5.11. The van der Waals surface area contributed by atoms with Gasteiger partial charge in [0, 0.05) is 11.6 Å². The number of nitrogens with zero attached hydrogens (tertiary/aromatic N) is 1.